The lowest BCUT2D eigenvalue weighted by atomic mass is 9.89. The number of rotatable bonds is 2. The molecule has 0 aromatic heterocycles. The third-order valence-corrected chi connectivity index (χ3v) is 3.18. The average Bonchev–Trinajstić information content (AvgIpc) is 2.17. The van der Waals surface area contributed by atoms with Gasteiger partial charge in [0.05, 0.1) is 0 Å². The Morgan fingerprint density at radius 2 is 1.93 bits per heavy atom. The zero-order valence-corrected chi connectivity index (χ0v) is 9.76. The van der Waals surface area contributed by atoms with Crippen molar-refractivity contribution in [2.45, 2.75) is 45.1 Å². The fourth-order valence-corrected chi connectivity index (χ4v) is 2.06. The predicted molar refractivity (Wildman–Crippen MR) is 56.1 cm³/mol. The third kappa shape index (κ3) is 3.11. The van der Waals surface area contributed by atoms with Gasteiger partial charge in [0.15, 0.2) is 0 Å². The molecule has 1 fully saturated rings. The molecule has 1 N–H and O–H groups in total. The molecule has 90 valence electrons. The summed E-state index contributed by atoms with van der Waals surface area (Å²) in [6, 6.07) is 0. The number of piperidine rings is 1. The van der Waals surface area contributed by atoms with Crippen LogP contribution in [0.1, 0.15) is 33.6 Å². The lowest BCUT2D eigenvalue weighted by molar-refractivity contribution is -0.122. The zero-order valence-electron chi connectivity index (χ0n) is 9.76. The molecule has 4 heteroatoms. The van der Waals surface area contributed by atoms with E-state index in [9.17, 15) is 8.78 Å². The maximum Gasteiger partial charge on any atom is 0.274 e. The summed E-state index contributed by atoms with van der Waals surface area (Å²) in [5.74, 6) is -3.63. The summed E-state index contributed by atoms with van der Waals surface area (Å²) in [5, 5.41) is 8.67. The molecule has 15 heavy (non-hydrogen) atoms. The molecular formula is C11H21F2NO. The number of hydrogen-bond acceptors (Lipinski definition) is 2. The van der Waals surface area contributed by atoms with Crippen LogP contribution < -0.4 is 0 Å². The molecule has 1 saturated heterocycles. The molecule has 1 unspecified atom stereocenters. The summed E-state index contributed by atoms with van der Waals surface area (Å²) >= 11 is 0. The zero-order chi connectivity index (χ0) is 11.7. The molecule has 1 aliphatic rings. The highest BCUT2D eigenvalue weighted by molar-refractivity contribution is 4.88. The fourth-order valence-electron chi connectivity index (χ4n) is 2.06. The minimum Gasteiger partial charge on any atom is -0.390 e. The predicted octanol–water partition coefficient (Wildman–Crippen LogP) is 2.12. The van der Waals surface area contributed by atoms with Crippen LogP contribution in [0.25, 0.3) is 0 Å². The van der Waals surface area contributed by atoms with E-state index in [2.05, 4.69) is 4.90 Å². The number of nitrogens with zero attached hydrogens (tertiary/aromatic N) is 1. The molecule has 0 radical (unpaired) electrons. The monoisotopic (exact) mass is 221 g/mol. The molecular weight excluding hydrogens is 200 g/mol. The standard InChI is InChI=1S/C11H21F2NO/c1-10(2,3)14-6-4-5-9(7-14)11(12,13)8-15/h9,15H,4-8H2,1-3H3. The van der Waals surface area contributed by atoms with Crippen molar-refractivity contribution in [3.8, 4) is 0 Å². The lowest BCUT2D eigenvalue weighted by Crippen LogP contribution is -2.51. The van der Waals surface area contributed by atoms with Crippen molar-refractivity contribution in [3.05, 3.63) is 0 Å². The molecule has 0 saturated carbocycles. The molecule has 0 bridgehead atoms. The summed E-state index contributed by atoms with van der Waals surface area (Å²) in [4.78, 5) is 2.07. The Labute approximate surface area is 90.3 Å². The van der Waals surface area contributed by atoms with Gasteiger partial charge in [0, 0.05) is 18.0 Å². The Bertz CT molecular complexity index is 213. The SMILES string of the molecule is CC(C)(C)N1CCCC(C(F)(F)CO)C1. The topological polar surface area (TPSA) is 23.5 Å². The highest BCUT2D eigenvalue weighted by Gasteiger charge is 2.42. The number of aliphatic hydroxyl groups excluding tert-OH is 1. The van der Waals surface area contributed by atoms with Crippen LogP contribution in [0.3, 0.4) is 0 Å². The maximum absolute atomic E-state index is 13.3. The van der Waals surface area contributed by atoms with Gasteiger partial charge in [-0.25, -0.2) is 8.78 Å². The first-order valence-corrected chi connectivity index (χ1v) is 5.51. The van der Waals surface area contributed by atoms with Crippen molar-refractivity contribution in [2.75, 3.05) is 19.7 Å². The van der Waals surface area contributed by atoms with Crippen LogP contribution in [0.4, 0.5) is 8.78 Å². The first kappa shape index (κ1) is 12.8. The highest BCUT2D eigenvalue weighted by atomic mass is 19.3. The summed E-state index contributed by atoms with van der Waals surface area (Å²) in [7, 11) is 0. The van der Waals surface area contributed by atoms with Crippen molar-refractivity contribution >= 4 is 0 Å². The molecule has 0 aromatic carbocycles. The normalized spacial score (nSPS) is 25.6. The molecule has 0 aromatic rings. The Morgan fingerprint density at radius 3 is 2.40 bits per heavy atom. The molecule has 1 heterocycles. The average molecular weight is 221 g/mol. The molecule has 0 amide bonds. The van der Waals surface area contributed by atoms with Gasteiger partial charge in [0.25, 0.3) is 5.92 Å². The van der Waals surface area contributed by atoms with E-state index in [-0.39, 0.29) is 5.54 Å². The second-order valence-electron chi connectivity index (χ2n) is 5.38. The Balaban J connectivity index is 2.64. The van der Waals surface area contributed by atoms with E-state index in [1.165, 1.54) is 0 Å². The van der Waals surface area contributed by atoms with Crippen LogP contribution >= 0.6 is 0 Å². The summed E-state index contributed by atoms with van der Waals surface area (Å²) in [5.41, 5.74) is -0.0653. The number of halogens is 2. The van der Waals surface area contributed by atoms with Gasteiger partial charge in [-0.15, -0.1) is 0 Å². The second kappa shape index (κ2) is 4.34. The van der Waals surface area contributed by atoms with Gasteiger partial charge in [-0.1, -0.05) is 0 Å². The number of hydrogen-bond donors (Lipinski definition) is 1. The van der Waals surface area contributed by atoms with Crippen LogP contribution in [-0.2, 0) is 0 Å². The Hall–Kier alpha value is -0.220. The van der Waals surface area contributed by atoms with Gasteiger partial charge in [-0.2, -0.15) is 0 Å². The van der Waals surface area contributed by atoms with Gasteiger partial charge in [0.2, 0.25) is 0 Å². The van der Waals surface area contributed by atoms with E-state index >= 15 is 0 Å². The highest BCUT2D eigenvalue weighted by Crippen LogP contribution is 2.33. The van der Waals surface area contributed by atoms with Crippen molar-refractivity contribution < 1.29 is 13.9 Å². The minimum absolute atomic E-state index is 0.0653. The number of aliphatic hydroxyl groups is 1. The Kier molecular flexibility index (Phi) is 3.71. The van der Waals surface area contributed by atoms with E-state index in [0.717, 1.165) is 13.0 Å². The largest absolute Gasteiger partial charge is 0.390 e. The molecule has 1 rings (SSSR count). The first-order valence-electron chi connectivity index (χ1n) is 5.51. The van der Waals surface area contributed by atoms with Crippen molar-refractivity contribution in [2.24, 2.45) is 5.92 Å². The summed E-state index contributed by atoms with van der Waals surface area (Å²) < 4.78 is 26.6. The second-order valence-corrected chi connectivity index (χ2v) is 5.38. The van der Waals surface area contributed by atoms with Crippen molar-refractivity contribution in [1.82, 2.24) is 4.90 Å². The Morgan fingerprint density at radius 1 is 1.33 bits per heavy atom. The molecule has 1 atom stereocenters. The third-order valence-electron chi connectivity index (χ3n) is 3.18. The van der Waals surface area contributed by atoms with Gasteiger partial charge in [-0.3, -0.25) is 4.90 Å². The number of likely N-dealkylation sites (tertiary alicyclic amines) is 1. The maximum atomic E-state index is 13.3. The lowest BCUT2D eigenvalue weighted by Gasteiger charge is -2.43. The van der Waals surface area contributed by atoms with Crippen LogP contribution in [0.5, 0.6) is 0 Å². The van der Waals surface area contributed by atoms with E-state index in [0.29, 0.717) is 13.0 Å². The van der Waals surface area contributed by atoms with Gasteiger partial charge in [0.1, 0.15) is 6.61 Å². The van der Waals surface area contributed by atoms with E-state index in [1.54, 1.807) is 0 Å². The van der Waals surface area contributed by atoms with E-state index in [1.807, 2.05) is 20.8 Å². The van der Waals surface area contributed by atoms with Crippen LogP contribution in [0.2, 0.25) is 0 Å². The number of alkyl halides is 2. The van der Waals surface area contributed by atoms with Crippen molar-refractivity contribution in [1.29, 1.82) is 0 Å². The first-order chi connectivity index (χ1) is 6.77. The van der Waals surface area contributed by atoms with E-state index in [4.69, 9.17) is 5.11 Å². The van der Waals surface area contributed by atoms with E-state index < -0.39 is 18.4 Å². The molecule has 1 aliphatic heterocycles. The van der Waals surface area contributed by atoms with Crippen LogP contribution in [0.15, 0.2) is 0 Å². The molecule has 0 spiro atoms. The fraction of sp³-hybridized carbons (Fsp3) is 1.00. The smallest absolute Gasteiger partial charge is 0.274 e. The van der Waals surface area contributed by atoms with Gasteiger partial charge in [-0.05, 0) is 40.2 Å². The molecule has 0 aliphatic carbocycles. The minimum atomic E-state index is -2.93. The van der Waals surface area contributed by atoms with Gasteiger partial charge < -0.3 is 5.11 Å². The van der Waals surface area contributed by atoms with Crippen LogP contribution in [0, 0.1) is 5.92 Å². The molecule has 2 nitrogen and oxygen atoms in total. The van der Waals surface area contributed by atoms with Gasteiger partial charge >= 0.3 is 0 Å². The van der Waals surface area contributed by atoms with Crippen LogP contribution in [-0.4, -0.2) is 41.2 Å². The summed E-state index contributed by atoms with van der Waals surface area (Å²) in [6.45, 7) is 6.33. The quantitative estimate of drug-likeness (QED) is 0.772. The summed E-state index contributed by atoms with van der Waals surface area (Å²) in [6.07, 6.45) is 1.30. The van der Waals surface area contributed by atoms with Crippen molar-refractivity contribution in [3.63, 3.8) is 0 Å².